The number of aliphatic carboxylic acids is 1. The first-order valence-corrected chi connectivity index (χ1v) is 47.2. The van der Waals surface area contributed by atoms with Gasteiger partial charge in [0.05, 0.1) is 84.3 Å². The highest BCUT2D eigenvalue weighted by molar-refractivity contribution is 7.80. The number of aliphatic hydroxyl groups is 29. The summed E-state index contributed by atoms with van der Waals surface area (Å²) in [4.78, 5) is 78.0. The second kappa shape index (κ2) is 51.8. The minimum atomic E-state index is -5.56. The number of nitrogens with one attached hydrogen (secondary N) is 5. The molecule has 844 valence electrons. The van der Waals surface area contributed by atoms with Crippen LogP contribution in [0.4, 0.5) is 0 Å². The van der Waals surface area contributed by atoms with Crippen LogP contribution in [0.2, 0.25) is 0 Å². The van der Waals surface area contributed by atoms with E-state index >= 15 is 0 Å². The Hall–Kier alpha value is -5.31. The molecule has 11 fully saturated rings. The maximum Gasteiger partial charge on any atom is 0.397 e. The molecule has 56 atom stereocenters. The molecule has 0 radical (unpaired) electrons. The zero-order chi connectivity index (χ0) is 108. The molecule has 11 rings (SSSR count). The molecular weight excluding hydrogens is 2030 g/mol. The molecule has 67 heteroatoms. The number of hydrogen-bond donors (Lipinski definition) is 36. The maximum absolute atomic E-state index is 13.4. The van der Waals surface area contributed by atoms with E-state index in [4.69, 9.17) is 99.5 Å². The van der Waals surface area contributed by atoms with Crippen molar-refractivity contribution in [3.8, 4) is 0 Å². The summed E-state index contributed by atoms with van der Waals surface area (Å²) in [6.45, 7) is -6.73. The van der Waals surface area contributed by atoms with Crippen LogP contribution in [0.25, 0.3) is 0 Å². The highest BCUT2D eigenvalue weighted by Gasteiger charge is 2.65. The Labute approximate surface area is 825 Å². The quantitative estimate of drug-likeness (QED) is 0.0253. The lowest BCUT2D eigenvalue weighted by Crippen LogP contribution is -2.71. The first-order valence-electron chi connectivity index (χ1n) is 45.8. The van der Waals surface area contributed by atoms with Gasteiger partial charge in [-0.2, -0.15) is 8.42 Å². The highest BCUT2D eigenvalue weighted by Crippen LogP contribution is 2.44. The Morgan fingerprint density at radius 2 is 0.658 bits per heavy atom. The van der Waals surface area contributed by atoms with Gasteiger partial charge in [0.1, 0.15) is 256 Å². The Balaban J connectivity index is 0.919. The minimum absolute atomic E-state index is 0.844. The van der Waals surface area contributed by atoms with Gasteiger partial charge in [-0.05, 0) is 6.92 Å². The van der Waals surface area contributed by atoms with Gasteiger partial charge < -0.3 is 279 Å². The van der Waals surface area contributed by atoms with E-state index in [0.29, 0.717) is 0 Å². The van der Waals surface area contributed by atoms with Crippen molar-refractivity contribution in [2.24, 2.45) is 0 Å². The Morgan fingerprint density at radius 3 is 1.08 bits per heavy atom. The number of carboxylic acids is 1. The van der Waals surface area contributed by atoms with Crippen LogP contribution in [-0.2, 0) is 143 Å². The smallest absolute Gasteiger partial charge is 0.397 e. The molecule has 36 N–H and O–H groups in total. The number of carbonyl (C=O) groups is 6. The van der Waals surface area contributed by atoms with Gasteiger partial charge in [0.15, 0.2) is 62.9 Å². The average molecular weight is 2160 g/mol. The van der Waals surface area contributed by atoms with Crippen LogP contribution in [0.3, 0.4) is 0 Å². The summed E-state index contributed by atoms with van der Waals surface area (Å²) in [5.74, 6) is -10.5. The van der Waals surface area contributed by atoms with Gasteiger partial charge in [0.25, 0.3) is 5.79 Å². The third-order valence-electron chi connectivity index (χ3n) is 26.1. The number of rotatable bonds is 40. The summed E-state index contributed by atoms with van der Waals surface area (Å²) >= 11 is 0. The summed E-state index contributed by atoms with van der Waals surface area (Å²) in [6, 6.07) is -10.00. The lowest BCUT2D eigenvalue weighted by Gasteiger charge is -2.51. The SMILES string of the molecule is CC(=O)N[C@@H]1[C@H](O[C@@H]2[C@@H](O[C@@H]3[C@H](O)[C@H](O[C@H]4[C@H](O)[C@@H](NC(C)=O)[C@H](O[C@H]5[C@H](O)[C@@H](NC(C)=O)C(O)O[C@@H]5CO[C@@H]5O[C@@H](C)[C@@H](O)[C@@H](O)[C@@H]5O)O[C@@H]4CO)O[C@H](CO[C@H]4O[C@H](CO)[C@@H](O)[C@H](O)[C@@H]4O[C@@H]4O[C@H](CO)[C@@H](O[C@@H]5O[C@H](CO)[C@H](O)[C@H](O[C@]6(C(=O)O)C[C@H](O)[C@@H](NC(C)=O)[C@H]([C@H](O)[C@H](O)CO)O6)[C@H]5O)[C@H](O)[C@H]4NC(C)=O)[C@H]3O)O[C@H](CO)[C@@H](O)[C@@H]2O)O[C@H](CO)[C@@H](O[C@@H]2O[C@H](CO)[C@H](O)[C@H](OS(=O)(=O)O)[C@H]2O)[C@@H]1O. The molecule has 0 aromatic rings. The molecule has 0 bridgehead atoms. The minimum Gasteiger partial charge on any atom is -0.477 e. The standard InChI is InChI=1S/C79H131N5O61S/c1-18-40(100)51(111)54(114)72(126-18)124-17-34-61(47(107)36(68(118)127-34)81-20(3)94)136-69-37(82-21(4)95)48(108)58(30(13-90)132-69)137-73-55(115)63(140-77-67(53(113)43(103)27(10-87)131-77)142-71-39(84-23(6)97)50(110)60(32(15-92)134-71)139-75-57(117)65(145-146(121,122)123)45(105)29(12-89)129-75)46(106)33(135-73)16-125-76-66(52(112)42(102)26(9-86)130-76)141-70-38(83-22(5)96)49(109)59(31(14-91)133-70)138-74-56(116)64(44(104)28(11-88)128-74)144-79(78(119)120)7-24(98)35(80-19(2)93)62(143-79)41(101)25(99)8-85/h18,24-77,85-92,98-118H,7-17H2,1-6H3,(H,80,93)(H,81,94)(H,82,95)(H,83,96)(H,84,97)(H,119,120)(H,121,122,123)/t18-,24-,25+,26+,27+,28+,29+,30+,31+,32+,33+,34+,35+,36+,37+,38+,39-,40+,41+,42+,43+,44-,45-,46+,47+,48+,49+,50+,51+,52-,53-,54-,55-,56+,57+,58+,59+,60+,61+,62+,63-,64-,65-,66-,67-,68?,69-,70-,71-,72+,73-,74-,75-,76-,77+,79-/m0/s1. The van der Waals surface area contributed by atoms with Gasteiger partial charge >= 0.3 is 16.4 Å². The fourth-order valence-corrected chi connectivity index (χ4v) is 19.1. The third kappa shape index (κ3) is 27.2. The molecule has 66 nitrogen and oxygen atoms in total. The normalized spacial score (nSPS) is 47.2. The number of amides is 5. The molecule has 11 saturated heterocycles. The average Bonchev–Trinajstić information content (AvgIpc) is 0.783. The van der Waals surface area contributed by atoms with Crippen molar-refractivity contribution >= 4 is 45.9 Å². The van der Waals surface area contributed by atoms with Gasteiger partial charge in [0.2, 0.25) is 29.5 Å². The van der Waals surface area contributed by atoms with Crippen molar-refractivity contribution in [3.05, 3.63) is 0 Å². The molecule has 0 aromatic heterocycles. The van der Waals surface area contributed by atoms with E-state index in [-0.39, 0.29) is 0 Å². The number of carbonyl (C=O) groups excluding carboxylic acids is 5. The van der Waals surface area contributed by atoms with Crippen LogP contribution in [0, 0.1) is 0 Å². The van der Waals surface area contributed by atoms with Crippen LogP contribution in [0.15, 0.2) is 0 Å². The zero-order valence-electron chi connectivity index (χ0n) is 78.1. The molecule has 0 aromatic carbocycles. The van der Waals surface area contributed by atoms with E-state index < -0.39 is 461 Å². The number of carboxylic acid groups (broad SMARTS) is 1. The maximum atomic E-state index is 13.4. The van der Waals surface area contributed by atoms with Crippen molar-refractivity contribution < 1.29 is 299 Å². The molecule has 5 amide bonds. The topological polar surface area (TPSA) is 1030 Å². The summed E-state index contributed by atoms with van der Waals surface area (Å²) in [7, 11) is -5.56. The van der Waals surface area contributed by atoms with Gasteiger partial charge in [-0.15, -0.1) is 0 Å². The van der Waals surface area contributed by atoms with E-state index in [1.807, 2.05) is 0 Å². The largest absolute Gasteiger partial charge is 0.477 e. The molecule has 11 heterocycles. The van der Waals surface area contributed by atoms with E-state index in [2.05, 4.69) is 30.8 Å². The van der Waals surface area contributed by atoms with Crippen LogP contribution in [0.5, 0.6) is 0 Å². The lowest BCUT2D eigenvalue weighted by atomic mass is 9.88. The van der Waals surface area contributed by atoms with Crippen LogP contribution in [-0.4, -0.2) is 611 Å². The highest BCUT2D eigenvalue weighted by atomic mass is 32.3. The van der Waals surface area contributed by atoms with Gasteiger partial charge in [-0.1, -0.05) is 0 Å². The Morgan fingerprint density at radius 1 is 0.329 bits per heavy atom. The van der Waals surface area contributed by atoms with Crippen molar-refractivity contribution in [2.45, 2.75) is 391 Å². The molecular formula is C79H131N5O61S. The van der Waals surface area contributed by atoms with Gasteiger partial charge in [0, 0.05) is 41.0 Å². The summed E-state index contributed by atoms with van der Waals surface area (Å²) in [5.41, 5.74) is 0. The van der Waals surface area contributed by atoms with Crippen LogP contribution < -0.4 is 26.6 Å². The van der Waals surface area contributed by atoms with Crippen molar-refractivity contribution in [2.75, 3.05) is 66.1 Å². The van der Waals surface area contributed by atoms with Gasteiger partial charge in [-0.3, -0.25) is 28.5 Å². The van der Waals surface area contributed by atoms with Crippen LogP contribution >= 0.6 is 0 Å². The molecule has 0 saturated carbocycles. The summed E-state index contributed by atoms with van der Waals surface area (Å²) in [6.07, 6.45) is -114. The fourth-order valence-electron chi connectivity index (χ4n) is 18.6. The molecule has 146 heavy (non-hydrogen) atoms. The van der Waals surface area contributed by atoms with Crippen molar-refractivity contribution in [1.29, 1.82) is 0 Å². The van der Waals surface area contributed by atoms with Crippen LogP contribution in [0.1, 0.15) is 48.0 Å². The molecule has 0 spiro atoms. The number of ether oxygens (including phenoxy) is 21. The van der Waals surface area contributed by atoms with E-state index in [1.165, 1.54) is 6.92 Å². The summed E-state index contributed by atoms with van der Waals surface area (Å²) < 4.78 is 163. The Bertz CT molecular complexity index is 4300. The van der Waals surface area contributed by atoms with Crippen molar-refractivity contribution in [1.82, 2.24) is 26.6 Å². The molecule has 11 aliphatic rings. The van der Waals surface area contributed by atoms with Gasteiger partial charge in [-0.25, -0.2) is 8.98 Å². The monoisotopic (exact) mass is 2160 g/mol. The second-order valence-electron chi connectivity index (χ2n) is 36.5. The predicted molar refractivity (Wildman–Crippen MR) is 447 cm³/mol. The molecule has 1 unspecified atom stereocenters. The molecule has 0 aliphatic carbocycles. The first-order chi connectivity index (χ1) is 68.7. The number of aliphatic hydroxyl groups excluding tert-OH is 29. The third-order valence-corrected chi connectivity index (χ3v) is 26.6. The lowest BCUT2D eigenvalue weighted by molar-refractivity contribution is -0.399. The first kappa shape index (κ1) is 121. The summed E-state index contributed by atoms with van der Waals surface area (Å²) in [5, 5.41) is 351. The van der Waals surface area contributed by atoms with Crippen molar-refractivity contribution in [3.63, 3.8) is 0 Å². The Kier molecular flexibility index (Phi) is 42.9. The predicted octanol–water partition coefficient (Wildman–Crippen LogP) is -24.2. The zero-order valence-corrected chi connectivity index (χ0v) is 78.9. The van der Waals surface area contributed by atoms with E-state index in [9.17, 15) is 195 Å². The number of hydrogen-bond acceptors (Lipinski definition) is 59. The van der Waals surface area contributed by atoms with E-state index in [1.54, 1.807) is 0 Å². The fraction of sp³-hybridized carbons (Fsp3) is 0.924. The second-order valence-corrected chi connectivity index (χ2v) is 37.5. The van der Waals surface area contributed by atoms with E-state index in [0.717, 1.165) is 34.6 Å². The molecule has 11 aliphatic heterocycles.